The van der Waals surface area contributed by atoms with Crippen molar-refractivity contribution in [2.75, 3.05) is 0 Å². The normalized spacial score (nSPS) is 22.5. The summed E-state index contributed by atoms with van der Waals surface area (Å²) < 4.78 is 5.18. The molecule has 0 unspecified atom stereocenters. The molecule has 0 radical (unpaired) electrons. The second-order valence-electron chi connectivity index (χ2n) is 6.49. The van der Waals surface area contributed by atoms with Crippen LogP contribution >= 0.6 is 0 Å². The molecule has 1 saturated carbocycles. The van der Waals surface area contributed by atoms with Gasteiger partial charge in [0.2, 0.25) is 11.8 Å². The predicted octanol–water partition coefficient (Wildman–Crippen LogP) is 3.21. The lowest BCUT2D eigenvalue weighted by Gasteiger charge is -2.29. The zero-order valence-corrected chi connectivity index (χ0v) is 13.4. The number of nitrogens with one attached hydrogen (secondary N) is 1. The quantitative estimate of drug-likeness (QED) is 0.874. The fraction of sp³-hybridized carbons (Fsp3) is 0.812. The van der Waals surface area contributed by atoms with Crippen molar-refractivity contribution in [2.45, 2.75) is 77.7 Å². The van der Waals surface area contributed by atoms with Gasteiger partial charge in [-0.05, 0) is 25.2 Å². The Morgan fingerprint density at radius 2 is 2.14 bits per heavy atom. The van der Waals surface area contributed by atoms with Crippen molar-refractivity contribution in [3.63, 3.8) is 0 Å². The number of nitrogens with zero attached hydrogens (tertiary/aromatic N) is 2. The van der Waals surface area contributed by atoms with Crippen LogP contribution in [0.4, 0.5) is 0 Å². The third kappa shape index (κ3) is 4.83. The molecule has 0 bridgehead atoms. The third-order valence-electron chi connectivity index (χ3n) is 4.25. The molecule has 0 aromatic carbocycles. The molecule has 1 heterocycles. The summed E-state index contributed by atoms with van der Waals surface area (Å²) in [7, 11) is 0. The maximum Gasteiger partial charge on any atom is 0.226 e. The van der Waals surface area contributed by atoms with Gasteiger partial charge in [0.25, 0.3) is 0 Å². The van der Waals surface area contributed by atoms with E-state index in [2.05, 4.69) is 22.4 Å². The second kappa shape index (κ2) is 7.57. The fourth-order valence-corrected chi connectivity index (χ4v) is 2.81. The van der Waals surface area contributed by atoms with Gasteiger partial charge in [0.15, 0.2) is 5.82 Å². The highest BCUT2D eigenvalue weighted by atomic mass is 16.5. The van der Waals surface area contributed by atoms with Gasteiger partial charge in [-0.1, -0.05) is 38.8 Å². The number of carbonyl (C=O) groups excluding carboxylic acids is 1. The van der Waals surface area contributed by atoms with Gasteiger partial charge in [0, 0.05) is 24.8 Å². The molecule has 118 valence electrons. The molecule has 0 saturated heterocycles. The van der Waals surface area contributed by atoms with Gasteiger partial charge in [-0.2, -0.15) is 4.98 Å². The van der Waals surface area contributed by atoms with E-state index in [9.17, 15) is 4.79 Å². The van der Waals surface area contributed by atoms with Crippen molar-refractivity contribution in [2.24, 2.45) is 5.92 Å². The van der Waals surface area contributed by atoms with Gasteiger partial charge >= 0.3 is 0 Å². The first-order valence-corrected chi connectivity index (χ1v) is 8.18. The van der Waals surface area contributed by atoms with Crippen LogP contribution in [0.15, 0.2) is 4.52 Å². The van der Waals surface area contributed by atoms with Crippen molar-refractivity contribution in [3.8, 4) is 0 Å². The lowest BCUT2D eigenvalue weighted by molar-refractivity contribution is -0.122. The minimum Gasteiger partial charge on any atom is -0.353 e. The van der Waals surface area contributed by atoms with Crippen LogP contribution in [0, 0.1) is 5.92 Å². The van der Waals surface area contributed by atoms with Crippen LogP contribution in [0.25, 0.3) is 0 Å². The average molecular weight is 293 g/mol. The first-order chi connectivity index (χ1) is 10.1. The number of hydrogen-bond acceptors (Lipinski definition) is 4. The Bertz CT molecular complexity index is 456. The molecule has 0 spiro atoms. The number of amides is 1. The SMILES string of the molecule is CC(C)c1noc(CCCC(=O)N[C@@H]2CCCC[C@@H]2C)n1. The molecule has 0 aliphatic heterocycles. The highest BCUT2D eigenvalue weighted by Gasteiger charge is 2.22. The molecule has 1 amide bonds. The fourth-order valence-electron chi connectivity index (χ4n) is 2.81. The Morgan fingerprint density at radius 3 is 2.81 bits per heavy atom. The number of hydrogen-bond donors (Lipinski definition) is 1. The average Bonchev–Trinajstić information content (AvgIpc) is 2.90. The van der Waals surface area contributed by atoms with Crippen LogP contribution in [-0.2, 0) is 11.2 Å². The van der Waals surface area contributed by atoms with Gasteiger partial charge in [0.1, 0.15) is 0 Å². The van der Waals surface area contributed by atoms with E-state index in [0.717, 1.165) is 18.7 Å². The molecule has 1 aliphatic rings. The maximum atomic E-state index is 12.0. The van der Waals surface area contributed by atoms with Crippen LogP contribution in [0.1, 0.15) is 76.9 Å². The summed E-state index contributed by atoms with van der Waals surface area (Å²) in [6.45, 7) is 6.30. The second-order valence-corrected chi connectivity index (χ2v) is 6.49. The van der Waals surface area contributed by atoms with E-state index in [-0.39, 0.29) is 11.8 Å². The Labute approximate surface area is 126 Å². The minimum atomic E-state index is 0.150. The van der Waals surface area contributed by atoms with Crippen molar-refractivity contribution < 1.29 is 9.32 Å². The van der Waals surface area contributed by atoms with Gasteiger partial charge in [-0.3, -0.25) is 4.79 Å². The largest absolute Gasteiger partial charge is 0.353 e. The number of carbonyl (C=O) groups is 1. The van der Waals surface area contributed by atoms with Gasteiger partial charge in [-0.25, -0.2) is 0 Å². The molecule has 21 heavy (non-hydrogen) atoms. The summed E-state index contributed by atoms with van der Waals surface area (Å²) in [4.78, 5) is 16.3. The topological polar surface area (TPSA) is 68.0 Å². The standard InChI is InChI=1S/C16H27N3O2/c1-11(2)16-18-15(21-19-16)10-6-9-14(20)17-13-8-5-4-7-12(13)3/h11-13H,4-10H2,1-3H3,(H,17,20)/t12-,13+/m0/s1. The first kappa shape index (κ1) is 16.0. The summed E-state index contributed by atoms with van der Waals surface area (Å²) in [6, 6.07) is 0.363. The number of aryl methyl sites for hydroxylation is 1. The highest BCUT2D eigenvalue weighted by molar-refractivity contribution is 5.76. The van der Waals surface area contributed by atoms with E-state index in [4.69, 9.17) is 4.52 Å². The molecule has 2 atom stereocenters. The third-order valence-corrected chi connectivity index (χ3v) is 4.25. The lowest BCUT2D eigenvalue weighted by atomic mass is 9.86. The molecule has 1 aromatic rings. The summed E-state index contributed by atoms with van der Waals surface area (Å²) in [6.07, 6.45) is 6.83. The Morgan fingerprint density at radius 1 is 1.38 bits per heavy atom. The van der Waals surface area contributed by atoms with Crippen LogP contribution in [-0.4, -0.2) is 22.1 Å². The summed E-state index contributed by atoms with van der Waals surface area (Å²) in [5.74, 6) is 2.41. The monoisotopic (exact) mass is 293 g/mol. The summed E-state index contributed by atoms with van der Waals surface area (Å²) >= 11 is 0. The first-order valence-electron chi connectivity index (χ1n) is 8.18. The Balaban J connectivity index is 1.68. The smallest absolute Gasteiger partial charge is 0.226 e. The maximum absolute atomic E-state index is 12.0. The molecule has 1 aliphatic carbocycles. The Hall–Kier alpha value is -1.39. The minimum absolute atomic E-state index is 0.150. The molecule has 1 N–H and O–H groups in total. The van der Waals surface area contributed by atoms with Gasteiger partial charge in [-0.15, -0.1) is 0 Å². The van der Waals surface area contributed by atoms with E-state index < -0.39 is 0 Å². The summed E-state index contributed by atoms with van der Waals surface area (Å²) in [5, 5.41) is 7.10. The van der Waals surface area contributed by atoms with Crippen LogP contribution in [0.2, 0.25) is 0 Å². The van der Waals surface area contributed by atoms with Crippen molar-refractivity contribution in [1.29, 1.82) is 0 Å². The van der Waals surface area contributed by atoms with Crippen molar-refractivity contribution in [1.82, 2.24) is 15.5 Å². The van der Waals surface area contributed by atoms with E-state index >= 15 is 0 Å². The van der Waals surface area contributed by atoms with Crippen molar-refractivity contribution >= 4 is 5.91 Å². The number of rotatable bonds is 6. The van der Waals surface area contributed by atoms with Gasteiger partial charge in [0.05, 0.1) is 0 Å². The number of aromatic nitrogens is 2. The van der Waals surface area contributed by atoms with Crippen LogP contribution in [0.5, 0.6) is 0 Å². The zero-order chi connectivity index (χ0) is 15.2. The van der Waals surface area contributed by atoms with Gasteiger partial charge < -0.3 is 9.84 Å². The zero-order valence-electron chi connectivity index (χ0n) is 13.4. The molecule has 1 fully saturated rings. The molecule has 2 rings (SSSR count). The van der Waals surface area contributed by atoms with Crippen LogP contribution < -0.4 is 5.32 Å². The van der Waals surface area contributed by atoms with E-state index in [1.165, 1.54) is 19.3 Å². The molecule has 5 nitrogen and oxygen atoms in total. The van der Waals surface area contributed by atoms with E-state index in [1.54, 1.807) is 0 Å². The van der Waals surface area contributed by atoms with Crippen molar-refractivity contribution in [3.05, 3.63) is 11.7 Å². The lowest BCUT2D eigenvalue weighted by Crippen LogP contribution is -2.40. The van der Waals surface area contributed by atoms with E-state index in [0.29, 0.717) is 30.7 Å². The molecule has 1 aromatic heterocycles. The molecule has 5 heteroatoms. The summed E-state index contributed by atoms with van der Waals surface area (Å²) in [5.41, 5.74) is 0. The molecular formula is C16H27N3O2. The predicted molar refractivity (Wildman–Crippen MR) is 80.9 cm³/mol. The van der Waals surface area contributed by atoms with E-state index in [1.807, 2.05) is 13.8 Å². The van der Waals surface area contributed by atoms with Crippen LogP contribution in [0.3, 0.4) is 0 Å². The Kier molecular flexibility index (Phi) is 5.76. The molecular weight excluding hydrogens is 266 g/mol. The highest BCUT2D eigenvalue weighted by Crippen LogP contribution is 2.23.